The molecule has 0 radical (unpaired) electrons. The molecule has 4 heteroatoms. The maximum absolute atomic E-state index is 10.5. The minimum absolute atomic E-state index is 0.0832. The number of carboxylic acids is 1. The van der Waals surface area contributed by atoms with Gasteiger partial charge in [0.2, 0.25) is 0 Å². The molecule has 1 rings (SSSR count). The van der Waals surface area contributed by atoms with E-state index in [0.717, 1.165) is 16.9 Å². The first-order valence-corrected chi connectivity index (χ1v) is 5.56. The summed E-state index contributed by atoms with van der Waals surface area (Å²) >= 11 is 5.93. The molecular formula is C12H15ClO3. The number of hydrogen-bond acceptors (Lipinski definition) is 2. The topological polar surface area (TPSA) is 46.5 Å². The van der Waals surface area contributed by atoms with Crippen LogP contribution >= 0.6 is 11.6 Å². The van der Waals surface area contributed by atoms with Crippen LogP contribution in [-0.2, 0) is 11.2 Å². The summed E-state index contributed by atoms with van der Waals surface area (Å²) in [6.45, 7) is 4.36. The molecule has 88 valence electrons. The minimum atomic E-state index is -0.819. The van der Waals surface area contributed by atoms with Crippen molar-refractivity contribution in [3.8, 4) is 5.75 Å². The summed E-state index contributed by atoms with van der Waals surface area (Å²) in [5.41, 5.74) is 1.80. The van der Waals surface area contributed by atoms with Gasteiger partial charge in [-0.15, -0.1) is 0 Å². The van der Waals surface area contributed by atoms with Gasteiger partial charge in [0.15, 0.2) is 0 Å². The number of carboxylic acid groups (broad SMARTS) is 1. The third-order valence-electron chi connectivity index (χ3n) is 2.21. The normalized spacial score (nSPS) is 10.2. The maximum atomic E-state index is 10.5. The molecule has 0 aliphatic rings. The van der Waals surface area contributed by atoms with E-state index in [4.69, 9.17) is 21.4 Å². The van der Waals surface area contributed by atoms with Crippen molar-refractivity contribution < 1.29 is 14.6 Å². The zero-order valence-corrected chi connectivity index (χ0v) is 10.2. The summed E-state index contributed by atoms with van der Waals surface area (Å²) in [6, 6.07) is 3.58. The van der Waals surface area contributed by atoms with Crippen LogP contribution in [0.5, 0.6) is 5.75 Å². The van der Waals surface area contributed by atoms with E-state index in [1.54, 1.807) is 6.07 Å². The summed E-state index contributed by atoms with van der Waals surface area (Å²) in [4.78, 5) is 10.5. The van der Waals surface area contributed by atoms with Crippen LogP contribution in [0, 0.1) is 6.92 Å². The summed E-state index contributed by atoms with van der Waals surface area (Å²) in [5.74, 6) is -0.0618. The van der Waals surface area contributed by atoms with Gasteiger partial charge in [-0.1, -0.05) is 11.6 Å². The van der Waals surface area contributed by atoms with Gasteiger partial charge in [-0.3, -0.25) is 4.79 Å². The van der Waals surface area contributed by atoms with Crippen molar-refractivity contribution in [2.75, 3.05) is 6.61 Å². The Labute approximate surface area is 100.0 Å². The van der Waals surface area contributed by atoms with Crippen LogP contribution in [-0.4, -0.2) is 17.7 Å². The largest absolute Gasteiger partial charge is 0.493 e. The van der Waals surface area contributed by atoms with Crippen LogP contribution in [0.25, 0.3) is 0 Å². The second-order valence-electron chi connectivity index (χ2n) is 3.54. The minimum Gasteiger partial charge on any atom is -0.493 e. The Balaban J connectivity index is 2.98. The molecule has 0 aliphatic heterocycles. The lowest BCUT2D eigenvalue weighted by molar-refractivity contribution is -0.136. The highest BCUT2D eigenvalue weighted by molar-refractivity contribution is 6.30. The quantitative estimate of drug-likeness (QED) is 0.863. The first kappa shape index (κ1) is 12.8. The van der Waals surface area contributed by atoms with Crippen molar-refractivity contribution in [1.29, 1.82) is 0 Å². The van der Waals surface area contributed by atoms with Gasteiger partial charge in [0.25, 0.3) is 0 Å². The highest BCUT2D eigenvalue weighted by atomic mass is 35.5. The molecule has 0 aromatic heterocycles. The summed E-state index contributed by atoms with van der Waals surface area (Å²) < 4.78 is 5.50. The van der Waals surface area contributed by atoms with E-state index in [1.165, 1.54) is 0 Å². The van der Waals surface area contributed by atoms with Gasteiger partial charge in [-0.25, -0.2) is 0 Å². The number of carbonyl (C=O) groups is 1. The van der Waals surface area contributed by atoms with Crippen LogP contribution < -0.4 is 4.74 Å². The van der Waals surface area contributed by atoms with E-state index in [0.29, 0.717) is 18.1 Å². The van der Waals surface area contributed by atoms with E-state index >= 15 is 0 Å². The van der Waals surface area contributed by atoms with Gasteiger partial charge in [0.1, 0.15) is 5.75 Å². The van der Waals surface area contributed by atoms with Crippen molar-refractivity contribution in [3.05, 3.63) is 28.3 Å². The van der Waals surface area contributed by atoms with Crippen molar-refractivity contribution in [2.24, 2.45) is 0 Å². The second kappa shape index (κ2) is 5.75. The third-order valence-corrected chi connectivity index (χ3v) is 2.43. The van der Waals surface area contributed by atoms with Crippen molar-refractivity contribution in [3.63, 3.8) is 0 Å². The lowest BCUT2D eigenvalue weighted by atomic mass is 10.1. The fraction of sp³-hybridized carbons (Fsp3) is 0.417. The van der Waals surface area contributed by atoms with Crippen LogP contribution in [0.15, 0.2) is 12.1 Å². The van der Waals surface area contributed by atoms with E-state index in [9.17, 15) is 4.79 Å². The van der Waals surface area contributed by atoms with E-state index < -0.39 is 5.97 Å². The lowest BCUT2D eigenvalue weighted by Crippen LogP contribution is -2.02. The molecule has 1 aromatic rings. The van der Waals surface area contributed by atoms with Crippen molar-refractivity contribution >= 4 is 17.6 Å². The lowest BCUT2D eigenvalue weighted by Gasteiger charge is -2.13. The molecule has 1 N–H and O–H groups in total. The number of halogens is 1. The number of benzene rings is 1. The Morgan fingerprint density at radius 1 is 1.50 bits per heavy atom. The van der Waals surface area contributed by atoms with E-state index in [2.05, 4.69) is 0 Å². The highest BCUT2D eigenvalue weighted by Crippen LogP contribution is 2.28. The SMILES string of the molecule is CCOc1c(C)cc(Cl)cc1CCC(=O)O. The Morgan fingerprint density at radius 2 is 2.19 bits per heavy atom. The average molecular weight is 243 g/mol. The summed E-state index contributed by atoms with van der Waals surface area (Å²) in [7, 11) is 0. The first-order valence-electron chi connectivity index (χ1n) is 5.18. The number of rotatable bonds is 5. The van der Waals surface area contributed by atoms with Crippen molar-refractivity contribution in [1.82, 2.24) is 0 Å². The molecule has 16 heavy (non-hydrogen) atoms. The van der Waals surface area contributed by atoms with Gasteiger partial charge >= 0.3 is 5.97 Å². The third kappa shape index (κ3) is 3.42. The molecule has 0 heterocycles. The predicted octanol–water partition coefficient (Wildman–Crippen LogP) is 3.06. The molecule has 0 bridgehead atoms. The molecule has 0 atom stereocenters. The molecule has 0 fully saturated rings. The second-order valence-corrected chi connectivity index (χ2v) is 3.97. The van der Waals surface area contributed by atoms with Gasteiger partial charge in [0.05, 0.1) is 6.61 Å². The Bertz CT molecular complexity index is 388. The number of aryl methyl sites for hydroxylation is 2. The van der Waals surface area contributed by atoms with Crippen LogP contribution in [0.1, 0.15) is 24.5 Å². The molecule has 1 aromatic carbocycles. The first-order chi connectivity index (χ1) is 7.54. The van der Waals surface area contributed by atoms with E-state index in [1.807, 2.05) is 19.9 Å². The molecule has 0 spiro atoms. The Hall–Kier alpha value is -1.22. The molecular weight excluding hydrogens is 228 g/mol. The maximum Gasteiger partial charge on any atom is 0.303 e. The highest BCUT2D eigenvalue weighted by Gasteiger charge is 2.10. The molecule has 0 amide bonds. The Kier molecular flexibility index (Phi) is 4.62. The number of aliphatic carboxylic acids is 1. The van der Waals surface area contributed by atoms with Gasteiger partial charge in [-0.05, 0) is 43.5 Å². The number of hydrogen-bond donors (Lipinski definition) is 1. The van der Waals surface area contributed by atoms with Crippen LogP contribution in [0.3, 0.4) is 0 Å². The van der Waals surface area contributed by atoms with Crippen LogP contribution in [0.4, 0.5) is 0 Å². The average Bonchev–Trinajstić information content (AvgIpc) is 2.19. The van der Waals surface area contributed by atoms with Gasteiger partial charge < -0.3 is 9.84 Å². The summed E-state index contributed by atoms with van der Waals surface area (Å²) in [6.07, 6.45) is 0.520. The fourth-order valence-corrected chi connectivity index (χ4v) is 1.87. The van der Waals surface area contributed by atoms with Gasteiger partial charge in [0, 0.05) is 11.4 Å². The molecule has 0 saturated carbocycles. The Morgan fingerprint density at radius 3 is 2.75 bits per heavy atom. The number of ether oxygens (including phenoxy) is 1. The molecule has 3 nitrogen and oxygen atoms in total. The van der Waals surface area contributed by atoms with Crippen LogP contribution in [0.2, 0.25) is 5.02 Å². The zero-order valence-electron chi connectivity index (χ0n) is 9.42. The van der Waals surface area contributed by atoms with Gasteiger partial charge in [-0.2, -0.15) is 0 Å². The molecule has 0 saturated heterocycles. The van der Waals surface area contributed by atoms with E-state index in [-0.39, 0.29) is 6.42 Å². The zero-order chi connectivity index (χ0) is 12.1. The standard InChI is InChI=1S/C12H15ClO3/c1-3-16-12-8(2)6-10(13)7-9(12)4-5-11(14)15/h6-7H,3-5H2,1-2H3,(H,14,15). The molecule has 0 aliphatic carbocycles. The smallest absolute Gasteiger partial charge is 0.303 e. The molecule has 0 unspecified atom stereocenters. The fourth-order valence-electron chi connectivity index (χ4n) is 1.58. The van der Waals surface area contributed by atoms with Crippen molar-refractivity contribution in [2.45, 2.75) is 26.7 Å². The predicted molar refractivity (Wildman–Crippen MR) is 63.3 cm³/mol. The monoisotopic (exact) mass is 242 g/mol. The summed E-state index contributed by atoms with van der Waals surface area (Å²) in [5, 5.41) is 9.27.